The Hall–Kier alpha value is -2.08. The normalized spacial score (nSPS) is 19.4. The SMILES string of the molecule is CC1=C(c2cccc3c2Cc2ccccc2-3)C(C)C=C1C(C)(C)C. The third-order valence-electron chi connectivity index (χ3n) is 5.63. The average molecular weight is 314 g/mol. The lowest BCUT2D eigenvalue weighted by atomic mass is 9.82. The predicted molar refractivity (Wildman–Crippen MR) is 104 cm³/mol. The molecule has 122 valence electrons. The number of benzene rings is 2. The van der Waals surface area contributed by atoms with Gasteiger partial charge in [-0.15, -0.1) is 0 Å². The van der Waals surface area contributed by atoms with Crippen molar-refractivity contribution in [3.8, 4) is 11.1 Å². The molecule has 2 aromatic rings. The van der Waals surface area contributed by atoms with Crippen LogP contribution < -0.4 is 0 Å². The number of fused-ring (bicyclic) bond motifs is 3. The van der Waals surface area contributed by atoms with E-state index in [1.807, 2.05) is 0 Å². The molecule has 4 rings (SSSR count). The van der Waals surface area contributed by atoms with Crippen LogP contribution in [0.3, 0.4) is 0 Å². The van der Waals surface area contributed by atoms with Gasteiger partial charge in [-0.1, -0.05) is 76.2 Å². The van der Waals surface area contributed by atoms with Crippen molar-refractivity contribution in [1.82, 2.24) is 0 Å². The van der Waals surface area contributed by atoms with Crippen molar-refractivity contribution in [3.63, 3.8) is 0 Å². The number of hydrogen-bond donors (Lipinski definition) is 0. The molecule has 0 saturated carbocycles. The highest BCUT2D eigenvalue weighted by Crippen LogP contribution is 2.48. The van der Waals surface area contributed by atoms with Crippen LogP contribution in [0.1, 0.15) is 51.3 Å². The summed E-state index contributed by atoms with van der Waals surface area (Å²) >= 11 is 0. The fourth-order valence-corrected chi connectivity index (χ4v) is 4.61. The topological polar surface area (TPSA) is 0 Å². The summed E-state index contributed by atoms with van der Waals surface area (Å²) in [6.45, 7) is 11.6. The van der Waals surface area contributed by atoms with E-state index in [-0.39, 0.29) is 5.41 Å². The summed E-state index contributed by atoms with van der Waals surface area (Å²) in [5, 5.41) is 0. The zero-order chi connectivity index (χ0) is 17.1. The molecule has 0 nitrogen and oxygen atoms in total. The van der Waals surface area contributed by atoms with Gasteiger partial charge in [-0.05, 0) is 63.3 Å². The minimum atomic E-state index is 0.209. The third kappa shape index (κ3) is 2.20. The molecule has 0 spiro atoms. The van der Waals surface area contributed by atoms with Crippen LogP contribution in [-0.4, -0.2) is 0 Å². The molecule has 0 N–H and O–H groups in total. The average Bonchev–Trinajstić information content (AvgIpc) is 3.05. The summed E-state index contributed by atoms with van der Waals surface area (Å²) in [7, 11) is 0. The Bertz CT molecular complexity index is 884. The third-order valence-corrected chi connectivity index (χ3v) is 5.63. The van der Waals surface area contributed by atoms with Crippen LogP contribution in [0, 0.1) is 11.3 Å². The van der Waals surface area contributed by atoms with Crippen LogP contribution in [0.15, 0.2) is 59.7 Å². The van der Waals surface area contributed by atoms with Crippen molar-refractivity contribution in [2.45, 2.75) is 41.0 Å². The molecular weight excluding hydrogens is 288 g/mol. The first-order chi connectivity index (χ1) is 11.4. The van der Waals surface area contributed by atoms with Crippen molar-refractivity contribution >= 4 is 5.57 Å². The van der Waals surface area contributed by atoms with E-state index < -0.39 is 0 Å². The molecule has 2 aliphatic rings. The second-order valence-corrected chi connectivity index (χ2v) is 8.32. The Kier molecular flexibility index (Phi) is 3.35. The van der Waals surface area contributed by atoms with Gasteiger partial charge in [0.05, 0.1) is 0 Å². The van der Waals surface area contributed by atoms with Gasteiger partial charge in [0.15, 0.2) is 0 Å². The highest BCUT2D eigenvalue weighted by molar-refractivity contribution is 5.87. The van der Waals surface area contributed by atoms with Crippen molar-refractivity contribution in [2.24, 2.45) is 11.3 Å². The van der Waals surface area contributed by atoms with E-state index in [9.17, 15) is 0 Å². The van der Waals surface area contributed by atoms with Crippen LogP contribution in [0.25, 0.3) is 16.7 Å². The largest absolute Gasteiger partial charge is 0.0732 e. The molecule has 0 heterocycles. The van der Waals surface area contributed by atoms with Crippen LogP contribution in [0.2, 0.25) is 0 Å². The monoisotopic (exact) mass is 314 g/mol. The van der Waals surface area contributed by atoms with Gasteiger partial charge in [-0.2, -0.15) is 0 Å². The zero-order valence-corrected chi connectivity index (χ0v) is 15.4. The molecule has 1 unspecified atom stereocenters. The van der Waals surface area contributed by atoms with E-state index in [2.05, 4.69) is 83.2 Å². The lowest BCUT2D eigenvalue weighted by molar-refractivity contribution is 0.510. The molecule has 0 bridgehead atoms. The van der Waals surface area contributed by atoms with Gasteiger partial charge in [-0.25, -0.2) is 0 Å². The van der Waals surface area contributed by atoms with Gasteiger partial charge < -0.3 is 0 Å². The highest BCUT2D eigenvalue weighted by Gasteiger charge is 2.31. The number of allylic oxidation sites excluding steroid dienone is 4. The van der Waals surface area contributed by atoms with Gasteiger partial charge >= 0.3 is 0 Å². The lowest BCUT2D eigenvalue weighted by Crippen LogP contribution is -2.09. The van der Waals surface area contributed by atoms with E-state index in [0.717, 1.165) is 6.42 Å². The maximum atomic E-state index is 2.48. The van der Waals surface area contributed by atoms with Crippen LogP contribution >= 0.6 is 0 Å². The second kappa shape index (κ2) is 5.21. The van der Waals surface area contributed by atoms with Crippen LogP contribution in [0.5, 0.6) is 0 Å². The summed E-state index contributed by atoms with van der Waals surface area (Å²) in [5.41, 5.74) is 12.0. The molecule has 0 fully saturated rings. The van der Waals surface area contributed by atoms with Crippen molar-refractivity contribution in [1.29, 1.82) is 0 Å². The quantitative estimate of drug-likeness (QED) is 0.471. The molecule has 1 atom stereocenters. The van der Waals surface area contributed by atoms with Crippen LogP contribution in [0.4, 0.5) is 0 Å². The predicted octanol–water partition coefficient (Wildman–Crippen LogP) is 6.65. The molecule has 0 saturated heterocycles. The fraction of sp³-hybridized carbons (Fsp3) is 0.333. The van der Waals surface area contributed by atoms with Crippen LogP contribution in [-0.2, 0) is 6.42 Å². The minimum absolute atomic E-state index is 0.209. The van der Waals surface area contributed by atoms with Gasteiger partial charge in [0, 0.05) is 5.92 Å². The van der Waals surface area contributed by atoms with Gasteiger partial charge in [0.2, 0.25) is 0 Å². The molecule has 2 aromatic carbocycles. The fourth-order valence-electron chi connectivity index (χ4n) is 4.61. The van der Waals surface area contributed by atoms with Crippen molar-refractivity contribution in [3.05, 3.63) is 76.4 Å². The second-order valence-electron chi connectivity index (χ2n) is 8.32. The molecule has 0 heteroatoms. The lowest BCUT2D eigenvalue weighted by Gasteiger charge is -2.22. The van der Waals surface area contributed by atoms with Gasteiger partial charge in [-0.3, -0.25) is 0 Å². The first-order valence-corrected chi connectivity index (χ1v) is 9.02. The zero-order valence-electron chi connectivity index (χ0n) is 15.4. The Morgan fingerprint density at radius 2 is 1.54 bits per heavy atom. The Labute approximate surface area is 145 Å². The number of rotatable bonds is 1. The summed E-state index contributed by atoms with van der Waals surface area (Å²) in [5.74, 6) is 0.495. The maximum Gasteiger partial charge on any atom is 0.000446 e. The summed E-state index contributed by atoms with van der Waals surface area (Å²) in [6.07, 6.45) is 3.54. The van der Waals surface area contributed by atoms with E-state index in [4.69, 9.17) is 0 Å². The first kappa shape index (κ1) is 15.4. The first-order valence-electron chi connectivity index (χ1n) is 9.02. The van der Waals surface area contributed by atoms with Crippen molar-refractivity contribution < 1.29 is 0 Å². The van der Waals surface area contributed by atoms with Crippen molar-refractivity contribution in [2.75, 3.05) is 0 Å². The highest BCUT2D eigenvalue weighted by atomic mass is 14.4. The summed E-state index contributed by atoms with van der Waals surface area (Å²) in [4.78, 5) is 0. The number of hydrogen-bond acceptors (Lipinski definition) is 0. The maximum absolute atomic E-state index is 2.48. The Balaban J connectivity index is 1.88. The Morgan fingerprint density at radius 3 is 2.25 bits per heavy atom. The summed E-state index contributed by atoms with van der Waals surface area (Å²) < 4.78 is 0. The van der Waals surface area contributed by atoms with E-state index >= 15 is 0 Å². The van der Waals surface area contributed by atoms with Gasteiger partial charge in [0.25, 0.3) is 0 Å². The molecule has 0 amide bonds. The molecule has 0 radical (unpaired) electrons. The van der Waals surface area contributed by atoms with E-state index in [1.54, 1.807) is 0 Å². The molecule has 2 aliphatic carbocycles. The molecule has 24 heavy (non-hydrogen) atoms. The Morgan fingerprint density at radius 1 is 0.875 bits per heavy atom. The molecule has 0 aliphatic heterocycles. The standard InChI is InChI=1S/C24H26/c1-15-13-22(24(3,4)5)16(2)23(15)20-12-8-11-19-18-10-7-6-9-17(18)14-21(19)20/h6-13,15H,14H2,1-5H3. The molecule has 0 aromatic heterocycles. The van der Waals surface area contributed by atoms with Gasteiger partial charge in [0.1, 0.15) is 0 Å². The summed E-state index contributed by atoms with van der Waals surface area (Å²) in [6, 6.07) is 15.7. The smallest absolute Gasteiger partial charge is 0.000446 e. The van der Waals surface area contributed by atoms with E-state index in [0.29, 0.717) is 5.92 Å². The minimum Gasteiger partial charge on any atom is -0.0732 e. The van der Waals surface area contributed by atoms with E-state index in [1.165, 1.54) is 44.5 Å². The molecular formula is C24H26.